The minimum absolute atomic E-state index is 0.0546. The number of hydrogen-bond donors (Lipinski definition) is 0. The van der Waals surface area contributed by atoms with Gasteiger partial charge in [-0.3, -0.25) is 0 Å². The summed E-state index contributed by atoms with van der Waals surface area (Å²) < 4.78 is 5.31. The summed E-state index contributed by atoms with van der Waals surface area (Å²) in [6.45, 7) is 3.30. The minimum Gasteiger partial charge on any atom is -0.461 e. The van der Waals surface area contributed by atoms with Crippen molar-refractivity contribution in [2.45, 2.75) is 13.8 Å². The summed E-state index contributed by atoms with van der Waals surface area (Å²) in [5, 5.41) is 9.73. The molecule has 1 rings (SSSR count). The molecule has 0 unspecified atom stereocenters. The number of carbonyl (C=O) groups excluding carboxylic acids is 1. The van der Waals surface area contributed by atoms with E-state index in [1.807, 2.05) is 0 Å². The molecule has 0 saturated carbocycles. The highest BCUT2D eigenvalue weighted by Crippen LogP contribution is 2.03. The number of hydrogen-bond acceptors (Lipinski definition) is 5. The predicted molar refractivity (Wildman–Crippen MR) is 45.3 cm³/mol. The van der Waals surface area contributed by atoms with Crippen LogP contribution in [0.3, 0.4) is 0 Å². The lowest BCUT2D eigenvalue weighted by molar-refractivity contribution is -0.543. The molecule has 7 nitrogen and oxygen atoms in total. The Labute approximate surface area is 79.4 Å². The number of aryl methyl sites for hydroxylation is 1. The average Bonchev–Trinajstić information content (AvgIpc) is 2.48. The van der Waals surface area contributed by atoms with Crippen LogP contribution in [0.5, 0.6) is 0 Å². The van der Waals surface area contributed by atoms with Crippen molar-refractivity contribution in [1.82, 2.24) is 9.66 Å². The molecular formula is C7H9N3O4. The van der Waals surface area contributed by atoms with Crippen LogP contribution in [0.2, 0.25) is 0 Å². The van der Waals surface area contributed by atoms with Gasteiger partial charge in [0, 0.05) is 6.92 Å². The van der Waals surface area contributed by atoms with Gasteiger partial charge in [-0.05, 0) is 6.92 Å². The normalized spacial score (nSPS) is 9.86. The first-order valence-corrected chi connectivity index (χ1v) is 3.94. The first-order valence-electron chi connectivity index (χ1n) is 3.94. The van der Waals surface area contributed by atoms with Crippen molar-refractivity contribution < 1.29 is 14.6 Å². The Morgan fingerprint density at radius 2 is 2.43 bits per heavy atom. The monoisotopic (exact) mass is 199 g/mol. The van der Waals surface area contributed by atoms with Crippen molar-refractivity contribution in [2.75, 3.05) is 6.61 Å². The fourth-order valence-electron chi connectivity index (χ4n) is 0.932. The zero-order chi connectivity index (χ0) is 10.7. The van der Waals surface area contributed by atoms with Crippen LogP contribution in [0.25, 0.3) is 0 Å². The van der Waals surface area contributed by atoms with Crippen molar-refractivity contribution in [1.29, 1.82) is 0 Å². The third kappa shape index (κ3) is 1.87. The van der Waals surface area contributed by atoms with Gasteiger partial charge in [-0.2, -0.15) is 0 Å². The van der Waals surface area contributed by atoms with Gasteiger partial charge in [-0.15, -0.1) is 0 Å². The highest BCUT2D eigenvalue weighted by atomic mass is 16.7. The van der Waals surface area contributed by atoms with Gasteiger partial charge >= 0.3 is 5.97 Å². The fourth-order valence-corrected chi connectivity index (χ4v) is 0.932. The quantitative estimate of drug-likeness (QED) is 0.399. The Balaban J connectivity index is 2.96. The van der Waals surface area contributed by atoms with Gasteiger partial charge in [0.25, 0.3) is 0 Å². The van der Waals surface area contributed by atoms with Crippen LogP contribution in [-0.2, 0) is 4.74 Å². The molecule has 0 amide bonds. The van der Waals surface area contributed by atoms with E-state index < -0.39 is 11.0 Å². The first kappa shape index (κ1) is 10.2. The van der Waals surface area contributed by atoms with E-state index in [-0.39, 0.29) is 18.1 Å². The molecule has 0 fully saturated rings. The van der Waals surface area contributed by atoms with Gasteiger partial charge < -0.3 is 4.74 Å². The Morgan fingerprint density at radius 1 is 1.79 bits per heavy atom. The van der Waals surface area contributed by atoms with Gasteiger partial charge in [0.2, 0.25) is 0 Å². The van der Waals surface area contributed by atoms with Crippen LogP contribution in [0.4, 0.5) is 0 Å². The molecule has 0 aliphatic heterocycles. The number of carbonyl (C=O) groups is 1. The average molecular weight is 199 g/mol. The Hall–Kier alpha value is -1.92. The molecule has 0 atom stereocenters. The van der Waals surface area contributed by atoms with Gasteiger partial charge in [-0.25, -0.2) is 19.9 Å². The van der Waals surface area contributed by atoms with E-state index in [1.54, 1.807) is 6.92 Å². The molecule has 76 valence electrons. The van der Waals surface area contributed by atoms with Gasteiger partial charge in [0.05, 0.1) is 6.61 Å². The maximum Gasteiger partial charge on any atom is 0.358 e. The number of rotatable bonds is 3. The molecule has 0 radical (unpaired) electrons. The van der Waals surface area contributed by atoms with E-state index in [1.165, 1.54) is 6.92 Å². The Kier molecular flexibility index (Phi) is 2.80. The summed E-state index contributed by atoms with van der Waals surface area (Å²) in [4.78, 5) is 25.2. The Morgan fingerprint density at radius 3 is 2.86 bits per heavy atom. The second kappa shape index (κ2) is 3.86. The summed E-state index contributed by atoms with van der Waals surface area (Å²) in [7, 11) is 0. The second-order valence-corrected chi connectivity index (χ2v) is 2.48. The van der Waals surface area contributed by atoms with Gasteiger partial charge in [0.15, 0.2) is 16.6 Å². The van der Waals surface area contributed by atoms with Crippen molar-refractivity contribution >= 4 is 5.97 Å². The van der Waals surface area contributed by atoms with Crippen LogP contribution in [-0.4, -0.2) is 27.3 Å². The topological polar surface area (TPSA) is 87.3 Å². The molecule has 1 heterocycles. The van der Waals surface area contributed by atoms with Crippen LogP contribution in [0.1, 0.15) is 23.2 Å². The molecule has 0 aliphatic carbocycles. The highest BCUT2D eigenvalue weighted by Gasteiger charge is 2.17. The number of ether oxygens (including phenoxy) is 1. The van der Waals surface area contributed by atoms with Crippen molar-refractivity contribution in [3.63, 3.8) is 0 Å². The number of esters is 1. The van der Waals surface area contributed by atoms with Crippen LogP contribution in [0.15, 0.2) is 6.20 Å². The smallest absolute Gasteiger partial charge is 0.358 e. The highest BCUT2D eigenvalue weighted by molar-refractivity contribution is 5.86. The second-order valence-electron chi connectivity index (χ2n) is 2.48. The number of nitrogens with zero attached hydrogens (tertiary/aromatic N) is 3. The van der Waals surface area contributed by atoms with Crippen molar-refractivity contribution in [3.05, 3.63) is 27.8 Å². The van der Waals surface area contributed by atoms with E-state index in [2.05, 4.69) is 9.72 Å². The number of aromatic nitrogens is 2. The van der Waals surface area contributed by atoms with Crippen LogP contribution in [0, 0.1) is 17.0 Å². The SMILES string of the molecule is CCOC(=O)c1cn([N+](=O)[O-])c(C)n1. The number of imidazole rings is 1. The Bertz CT molecular complexity index is 371. The first-order chi connectivity index (χ1) is 6.56. The molecule has 1 aromatic rings. The van der Waals surface area contributed by atoms with Crippen LogP contribution < -0.4 is 0 Å². The summed E-state index contributed by atoms with van der Waals surface area (Å²) in [6.07, 6.45) is 1.04. The largest absolute Gasteiger partial charge is 0.461 e. The molecule has 7 heteroatoms. The molecule has 0 N–H and O–H groups in total. The zero-order valence-corrected chi connectivity index (χ0v) is 7.76. The standard InChI is InChI=1S/C7H9N3O4/c1-3-14-7(11)6-4-9(10(12)13)5(2)8-6/h4H,3H2,1-2H3. The van der Waals surface area contributed by atoms with E-state index in [9.17, 15) is 14.9 Å². The summed E-state index contributed by atoms with van der Waals surface area (Å²) in [5.41, 5.74) is -0.0546. The fraction of sp³-hybridized carbons (Fsp3) is 0.429. The van der Waals surface area contributed by atoms with E-state index in [4.69, 9.17) is 0 Å². The predicted octanol–water partition coefficient (Wildman–Crippen LogP) is 0.408. The molecule has 1 aromatic heterocycles. The van der Waals surface area contributed by atoms with E-state index >= 15 is 0 Å². The molecule has 0 aliphatic rings. The van der Waals surface area contributed by atoms with Crippen molar-refractivity contribution in [3.8, 4) is 0 Å². The third-order valence-corrected chi connectivity index (χ3v) is 1.52. The summed E-state index contributed by atoms with van der Waals surface area (Å²) in [6, 6.07) is 0. The summed E-state index contributed by atoms with van der Waals surface area (Å²) >= 11 is 0. The van der Waals surface area contributed by atoms with E-state index in [0.29, 0.717) is 4.68 Å². The van der Waals surface area contributed by atoms with Gasteiger partial charge in [0.1, 0.15) is 6.20 Å². The van der Waals surface area contributed by atoms with E-state index in [0.717, 1.165) is 6.20 Å². The lowest BCUT2D eigenvalue weighted by Gasteiger charge is -1.94. The molecular weight excluding hydrogens is 190 g/mol. The molecule has 0 aromatic carbocycles. The summed E-state index contributed by atoms with van der Waals surface area (Å²) in [5.74, 6) is -0.519. The van der Waals surface area contributed by atoms with Crippen molar-refractivity contribution in [2.24, 2.45) is 0 Å². The van der Waals surface area contributed by atoms with Crippen LogP contribution >= 0.6 is 0 Å². The lowest BCUT2D eigenvalue weighted by atomic mass is 10.5. The van der Waals surface area contributed by atoms with Gasteiger partial charge in [-0.1, -0.05) is 4.68 Å². The molecule has 0 spiro atoms. The zero-order valence-electron chi connectivity index (χ0n) is 7.76. The maximum absolute atomic E-state index is 11.1. The molecule has 0 saturated heterocycles. The maximum atomic E-state index is 11.1. The lowest BCUT2D eigenvalue weighted by Crippen LogP contribution is -2.09. The number of nitro groups is 1. The molecule has 14 heavy (non-hydrogen) atoms. The molecule has 0 bridgehead atoms. The minimum atomic E-state index is -0.662. The third-order valence-electron chi connectivity index (χ3n) is 1.52.